The zero-order valence-electron chi connectivity index (χ0n) is 12.1. The first kappa shape index (κ1) is 13.7. The monoisotopic (exact) mass is 268 g/mol. The van der Waals surface area contributed by atoms with Crippen molar-refractivity contribution in [3.05, 3.63) is 35.4 Å². The van der Waals surface area contributed by atoms with Gasteiger partial charge in [0.1, 0.15) is 0 Å². The van der Waals surface area contributed by atoms with Gasteiger partial charge in [0.05, 0.1) is 6.54 Å². The summed E-state index contributed by atoms with van der Waals surface area (Å²) >= 11 is 0. The Morgan fingerprint density at radius 1 is 1.10 bits per heavy atom. The van der Waals surface area contributed by atoms with Crippen LogP contribution in [-0.4, -0.2) is 24.0 Å². The fourth-order valence-corrected chi connectivity index (χ4v) is 2.55. The molecule has 2 aliphatic carbocycles. The van der Waals surface area contributed by atoms with Crippen LogP contribution >= 0.6 is 0 Å². The molecule has 0 radical (unpaired) electrons. The fourth-order valence-electron chi connectivity index (χ4n) is 2.55. The van der Waals surface area contributed by atoms with Gasteiger partial charge in [0.2, 0.25) is 0 Å². The topological polar surface area (TPSA) is 15.3 Å². The van der Waals surface area contributed by atoms with Gasteiger partial charge in [-0.1, -0.05) is 30.2 Å². The predicted molar refractivity (Wildman–Crippen MR) is 83.1 cm³/mol. The van der Waals surface area contributed by atoms with E-state index in [1.807, 2.05) is 0 Å². The number of hydrogen-bond donors (Lipinski definition) is 1. The summed E-state index contributed by atoms with van der Waals surface area (Å²) in [7, 11) is 0. The second-order valence-corrected chi connectivity index (χ2v) is 6.29. The molecular weight excluding hydrogens is 244 g/mol. The Bertz CT molecular complexity index is 463. The fraction of sp³-hybridized carbons (Fsp3) is 0.556. The van der Waals surface area contributed by atoms with Gasteiger partial charge in [-0.05, 0) is 42.7 Å². The second-order valence-electron chi connectivity index (χ2n) is 6.29. The Morgan fingerprint density at radius 3 is 2.40 bits per heavy atom. The molecular formula is C18H24N2. The molecule has 1 aromatic rings. The lowest BCUT2D eigenvalue weighted by Crippen LogP contribution is -2.26. The molecule has 0 bridgehead atoms. The van der Waals surface area contributed by atoms with Crippen molar-refractivity contribution < 1.29 is 0 Å². The molecule has 20 heavy (non-hydrogen) atoms. The van der Waals surface area contributed by atoms with Crippen LogP contribution in [0.5, 0.6) is 0 Å². The molecule has 2 fully saturated rings. The average Bonchev–Trinajstić information content (AvgIpc) is 3.33. The molecule has 0 amide bonds. The smallest absolute Gasteiger partial charge is 0.0601 e. The zero-order chi connectivity index (χ0) is 13.8. The summed E-state index contributed by atoms with van der Waals surface area (Å²) in [5.41, 5.74) is 2.75. The molecule has 0 aromatic heterocycles. The lowest BCUT2D eigenvalue weighted by molar-refractivity contribution is 0.286. The number of terminal acetylenes is 1. The number of nitrogens with one attached hydrogen (secondary N) is 1. The molecule has 0 aliphatic heterocycles. The number of hydrogen-bond acceptors (Lipinski definition) is 2. The molecule has 2 nitrogen and oxygen atoms in total. The Balaban J connectivity index is 1.50. The second kappa shape index (κ2) is 6.43. The maximum absolute atomic E-state index is 5.48. The van der Waals surface area contributed by atoms with E-state index in [4.69, 9.17) is 6.42 Å². The first-order chi connectivity index (χ1) is 9.83. The van der Waals surface area contributed by atoms with Crippen LogP contribution in [0.25, 0.3) is 0 Å². The van der Waals surface area contributed by atoms with E-state index in [-0.39, 0.29) is 0 Å². The third-order valence-electron chi connectivity index (χ3n) is 4.13. The molecule has 1 N–H and O–H groups in total. The highest BCUT2D eigenvalue weighted by Gasteiger charge is 2.24. The molecule has 0 unspecified atom stereocenters. The van der Waals surface area contributed by atoms with Gasteiger partial charge in [-0.25, -0.2) is 0 Å². The van der Waals surface area contributed by atoms with Gasteiger partial charge in [-0.2, -0.15) is 0 Å². The third kappa shape index (κ3) is 4.37. The van der Waals surface area contributed by atoms with Gasteiger partial charge in [0, 0.05) is 25.7 Å². The van der Waals surface area contributed by atoms with E-state index in [1.165, 1.54) is 36.8 Å². The SMILES string of the molecule is C#CCN(Cc1ccc(CNC2CC2)cc1)CC1CC1. The Morgan fingerprint density at radius 2 is 1.80 bits per heavy atom. The van der Waals surface area contributed by atoms with Crippen LogP contribution in [0, 0.1) is 18.3 Å². The van der Waals surface area contributed by atoms with Gasteiger partial charge in [0.25, 0.3) is 0 Å². The summed E-state index contributed by atoms with van der Waals surface area (Å²) in [6, 6.07) is 9.77. The summed E-state index contributed by atoms with van der Waals surface area (Å²) < 4.78 is 0. The van der Waals surface area contributed by atoms with E-state index in [9.17, 15) is 0 Å². The van der Waals surface area contributed by atoms with Crippen molar-refractivity contribution in [3.63, 3.8) is 0 Å². The first-order valence-corrected chi connectivity index (χ1v) is 7.80. The maximum atomic E-state index is 5.48. The van der Waals surface area contributed by atoms with E-state index in [1.54, 1.807) is 0 Å². The van der Waals surface area contributed by atoms with Crippen molar-refractivity contribution in [1.82, 2.24) is 10.2 Å². The summed E-state index contributed by atoms with van der Waals surface area (Å²) in [5.74, 6) is 3.68. The van der Waals surface area contributed by atoms with Gasteiger partial charge in [-0.15, -0.1) is 6.42 Å². The molecule has 1 aromatic carbocycles. The van der Waals surface area contributed by atoms with Crippen molar-refractivity contribution in [2.75, 3.05) is 13.1 Å². The van der Waals surface area contributed by atoms with Crippen LogP contribution in [-0.2, 0) is 13.1 Å². The van der Waals surface area contributed by atoms with E-state index < -0.39 is 0 Å². The van der Waals surface area contributed by atoms with E-state index in [2.05, 4.69) is 40.4 Å². The highest BCUT2D eigenvalue weighted by Crippen LogP contribution is 2.30. The van der Waals surface area contributed by atoms with Crippen LogP contribution < -0.4 is 5.32 Å². The van der Waals surface area contributed by atoms with Crippen LogP contribution in [0.4, 0.5) is 0 Å². The first-order valence-electron chi connectivity index (χ1n) is 7.80. The van der Waals surface area contributed by atoms with Crippen molar-refractivity contribution in [3.8, 4) is 12.3 Å². The molecule has 106 valence electrons. The molecule has 0 saturated heterocycles. The standard InChI is InChI=1S/C18H24N2/c1-2-11-20(14-17-7-8-17)13-16-5-3-15(4-6-16)12-19-18-9-10-18/h1,3-6,17-19H,7-14H2. The molecule has 3 rings (SSSR count). The molecule has 2 heteroatoms. The normalized spacial score (nSPS) is 18.2. The summed E-state index contributed by atoms with van der Waals surface area (Å²) in [5, 5.41) is 3.55. The van der Waals surface area contributed by atoms with Crippen LogP contribution in [0.15, 0.2) is 24.3 Å². The highest BCUT2D eigenvalue weighted by atomic mass is 15.1. The lowest BCUT2D eigenvalue weighted by atomic mass is 10.1. The molecule has 2 saturated carbocycles. The molecule has 0 heterocycles. The lowest BCUT2D eigenvalue weighted by Gasteiger charge is -2.19. The van der Waals surface area contributed by atoms with Crippen molar-refractivity contribution in [1.29, 1.82) is 0 Å². The average molecular weight is 268 g/mol. The minimum Gasteiger partial charge on any atom is -0.310 e. The van der Waals surface area contributed by atoms with Crippen molar-refractivity contribution in [2.45, 2.75) is 44.8 Å². The number of benzene rings is 1. The van der Waals surface area contributed by atoms with Crippen LogP contribution in [0.3, 0.4) is 0 Å². The Hall–Kier alpha value is -1.30. The molecule has 2 aliphatic rings. The summed E-state index contributed by atoms with van der Waals surface area (Å²) in [4.78, 5) is 2.40. The van der Waals surface area contributed by atoms with Gasteiger partial charge < -0.3 is 5.32 Å². The third-order valence-corrected chi connectivity index (χ3v) is 4.13. The molecule has 0 atom stereocenters. The van der Waals surface area contributed by atoms with Crippen LogP contribution in [0.2, 0.25) is 0 Å². The van der Waals surface area contributed by atoms with Crippen molar-refractivity contribution >= 4 is 0 Å². The van der Waals surface area contributed by atoms with Gasteiger partial charge in [0.15, 0.2) is 0 Å². The van der Waals surface area contributed by atoms with E-state index >= 15 is 0 Å². The number of rotatable bonds is 8. The zero-order valence-corrected chi connectivity index (χ0v) is 12.1. The maximum Gasteiger partial charge on any atom is 0.0601 e. The minimum absolute atomic E-state index is 0.765. The number of nitrogens with zero attached hydrogens (tertiary/aromatic N) is 1. The minimum atomic E-state index is 0.765. The molecule has 0 spiro atoms. The van der Waals surface area contributed by atoms with E-state index in [0.29, 0.717) is 0 Å². The summed E-state index contributed by atoms with van der Waals surface area (Å²) in [6.45, 7) is 3.91. The summed E-state index contributed by atoms with van der Waals surface area (Å²) in [6.07, 6.45) is 10.9. The van der Waals surface area contributed by atoms with Crippen LogP contribution in [0.1, 0.15) is 36.8 Å². The largest absolute Gasteiger partial charge is 0.310 e. The Labute approximate surface area is 122 Å². The van der Waals surface area contributed by atoms with Crippen molar-refractivity contribution in [2.24, 2.45) is 5.92 Å². The van der Waals surface area contributed by atoms with Gasteiger partial charge >= 0.3 is 0 Å². The quantitative estimate of drug-likeness (QED) is 0.729. The van der Waals surface area contributed by atoms with E-state index in [0.717, 1.165) is 38.1 Å². The Kier molecular flexibility index (Phi) is 4.40. The predicted octanol–water partition coefficient (Wildman–Crippen LogP) is 2.78. The van der Waals surface area contributed by atoms with Gasteiger partial charge in [-0.3, -0.25) is 4.90 Å². The highest BCUT2D eigenvalue weighted by molar-refractivity contribution is 5.22.